The molecule has 3 N–H and O–H groups in total. The predicted molar refractivity (Wildman–Crippen MR) is 109 cm³/mol. The van der Waals surface area contributed by atoms with Crippen LogP contribution in [0, 0.1) is 5.92 Å². The third kappa shape index (κ3) is 6.74. The van der Waals surface area contributed by atoms with Crippen LogP contribution in [0.4, 0.5) is 5.69 Å². The zero-order valence-corrected chi connectivity index (χ0v) is 17.2. The summed E-state index contributed by atoms with van der Waals surface area (Å²) in [6.07, 6.45) is 1.58. The molecule has 25 heavy (non-hydrogen) atoms. The highest BCUT2D eigenvalue weighted by Gasteiger charge is 2.27. The van der Waals surface area contributed by atoms with Gasteiger partial charge < -0.3 is 20.7 Å². The smallest absolute Gasteiger partial charge is 0.237 e. The monoisotopic (exact) mass is 411 g/mol. The van der Waals surface area contributed by atoms with Crippen molar-refractivity contribution in [2.45, 2.75) is 38.8 Å². The molecule has 0 spiro atoms. The number of carbonyl (C=O) groups is 1. The summed E-state index contributed by atoms with van der Waals surface area (Å²) in [6.45, 7) is 5.71. The molecule has 0 saturated carbocycles. The van der Waals surface area contributed by atoms with E-state index in [0.717, 1.165) is 30.9 Å². The maximum atomic E-state index is 12.2. The molecule has 1 aliphatic heterocycles. The van der Waals surface area contributed by atoms with Crippen LogP contribution in [0.15, 0.2) is 18.2 Å². The quantitative estimate of drug-likeness (QED) is 0.752. The van der Waals surface area contributed by atoms with Crippen molar-refractivity contribution < 1.29 is 9.53 Å². The number of amides is 1. The van der Waals surface area contributed by atoms with Gasteiger partial charge in [0.15, 0.2) is 0 Å². The van der Waals surface area contributed by atoms with E-state index in [1.165, 1.54) is 0 Å². The number of ether oxygens (including phenoxy) is 1. The Kier molecular flexibility index (Phi) is 10.6. The van der Waals surface area contributed by atoms with Gasteiger partial charge in [-0.05, 0) is 37.0 Å². The first-order chi connectivity index (χ1) is 10.9. The van der Waals surface area contributed by atoms with E-state index in [1.54, 1.807) is 7.11 Å². The first-order valence-electron chi connectivity index (χ1n) is 8.05. The number of hydrogen-bond acceptors (Lipinski definition) is 4. The van der Waals surface area contributed by atoms with Crippen LogP contribution in [0.1, 0.15) is 26.7 Å². The second-order valence-corrected chi connectivity index (χ2v) is 6.93. The van der Waals surface area contributed by atoms with Crippen LogP contribution in [-0.2, 0) is 4.79 Å². The standard InChI is InChI=1S/C17H26ClN3O2.2ClH/c1-11(2)8-14(19)17(22)20-13-6-7-21(10-13)15-9-12(18)4-5-16(15)23-3;;/h4-5,9,11,13-14H,6-8,10,19H2,1-3H3,(H,20,22);2*1H/t13?,14-;;/m0../s1. The molecule has 144 valence electrons. The molecular formula is C17H28Cl3N3O2. The van der Waals surface area contributed by atoms with E-state index in [0.29, 0.717) is 17.4 Å². The van der Waals surface area contributed by atoms with Crippen molar-refractivity contribution in [2.24, 2.45) is 11.7 Å². The van der Waals surface area contributed by atoms with Gasteiger partial charge in [-0.25, -0.2) is 0 Å². The average Bonchev–Trinajstić information content (AvgIpc) is 2.94. The molecule has 0 bridgehead atoms. The van der Waals surface area contributed by atoms with Gasteiger partial charge in [0.2, 0.25) is 5.91 Å². The van der Waals surface area contributed by atoms with Crippen LogP contribution in [-0.4, -0.2) is 38.2 Å². The lowest BCUT2D eigenvalue weighted by Gasteiger charge is -2.22. The number of halogens is 3. The van der Waals surface area contributed by atoms with Crippen LogP contribution in [0.2, 0.25) is 5.02 Å². The molecule has 1 aromatic rings. The van der Waals surface area contributed by atoms with Crippen molar-refractivity contribution in [3.05, 3.63) is 23.2 Å². The fourth-order valence-corrected chi connectivity index (χ4v) is 3.10. The molecule has 1 amide bonds. The van der Waals surface area contributed by atoms with Crippen molar-refractivity contribution in [3.8, 4) is 5.75 Å². The SMILES string of the molecule is COc1ccc(Cl)cc1N1CCC(NC(=O)[C@@H](N)CC(C)C)C1.Cl.Cl. The number of nitrogens with zero attached hydrogens (tertiary/aromatic N) is 1. The van der Waals surface area contributed by atoms with Gasteiger partial charge in [-0.3, -0.25) is 4.79 Å². The Morgan fingerprint density at radius 3 is 2.72 bits per heavy atom. The van der Waals surface area contributed by atoms with Crippen molar-refractivity contribution in [1.82, 2.24) is 5.32 Å². The largest absolute Gasteiger partial charge is 0.495 e. The van der Waals surface area contributed by atoms with Gasteiger partial charge in [-0.1, -0.05) is 25.4 Å². The molecular weight excluding hydrogens is 385 g/mol. The van der Waals surface area contributed by atoms with Gasteiger partial charge >= 0.3 is 0 Å². The predicted octanol–water partition coefficient (Wildman–Crippen LogP) is 3.26. The van der Waals surface area contributed by atoms with Gasteiger partial charge in [-0.15, -0.1) is 24.8 Å². The number of benzene rings is 1. The van der Waals surface area contributed by atoms with Crippen LogP contribution >= 0.6 is 36.4 Å². The Bertz CT molecular complexity index is 558. The molecule has 1 aromatic carbocycles. The Labute approximate surface area is 167 Å². The molecule has 1 fully saturated rings. The topological polar surface area (TPSA) is 67.6 Å². The second kappa shape index (κ2) is 11.0. The molecule has 0 aliphatic carbocycles. The minimum Gasteiger partial charge on any atom is -0.495 e. The lowest BCUT2D eigenvalue weighted by Crippen LogP contribution is -2.46. The van der Waals surface area contributed by atoms with Crippen LogP contribution in [0.25, 0.3) is 0 Å². The Balaban J connectivity index is 0.00000288. The summed E-state index contributed by atoms with van der Waals surface area (Å²) in [5.74, 6) is 1.13. The summed E-state index contributed by atoms with van der Waals surface area (Å²) >= 11 is 6.09. The third-order valence-corrected chi connectivity index (χ3v) is 4.31. The van der Waals surface area contributed by atoms with Gasteiger partial charge in [0.25, 0.3) is 0 Å². The van der Waals surface area contributed by atoms with Crippen LogP contribution in [0.5, 0.6) is 5.75 Å². The molecule has 1 unspecified atom stereocenters. The lowest BCUT2D eigenvalue weighted by atomic mass is 10.0. The van der Waals surface area contributed by atoms with Crippen molar-refractivity contribution in [3.63, 3.8) is 0 Å². The number of nitrogens with one attached hydrogen (secondary N) is 1. The van der Waals surface area contributed by atoms with E-state index in [-0.39, 0.29) is 36.8 Å². The van der Waals surface area contributed by atoms with Crippen molar-refractivity contribution >= 4 is 48.0 Å². The van der Waals surface area contributed by atoms with E-state index in [1.807, 2.05) is 18.2 Å². The normalized spacial score (nSPS) is 17.5. The fourth-order valence-electron chi connectivity index (χ4n) is 2.93. The summed E-state index contributed by atoms with van der Waals surface area (Å²) in [7, 11) is 1.65. The number of hydrogen-bond donors (Lipinski definition) is 2. The lowest BCUT2D eigenvalue weighted by molar-refractivity contribution is -0.123. The highest BCUT2D eigenvalue weighted by molar-refractivity contribution is 6.30. The molecule has 5 nitrogen and oxygen atoms in total. The minimum atomic E-state index is -0.440. The first kappa shape index (κ1) is 24.1. The molecule has 1 aliphatic rings. The molecule has 2 rings (SSSR count). The van der Waals surface area contributed by atoms with E-state index in [2.05, 4.69) is 24.1 Å². The summed E-state index contributed by atoms with van der Waals surface area (Å²) in [5, 5.41) is 3.73. The Morgan fingerprint density at radius 1 is 1.44 bits per heavy atom. The first-order valence-corrected chi connectivity index (χ1v) is 8.43. The molecule has 0 aromatic heterocycles. The summed E-state index contributed by atoms with van der Waals surface area (Å²) in [4.78, 5) is 14.3. The second-order valence-electron chi connectivity index (χ2n) is 6.49. The zero-order valence-electron chi connectivity index (χ0n) is 14.8. The molecule has 2 atom stereocenters. The van der Waals surface area contributed by atoms with Crippen LogP contribution < -0.4 is 20.7 Å². The van der Waals surface area contributed by atoms with E-state index < -0.39 is 6.04 Å². The van der Waals surface area contributed by atoms with E-state index in [9.17, 15) is 4.79 Å². The van der Waals surface area contributed by atoms with Gasteiger partial charge in [-0.2, -0.15) is 0 Å². The number of anilines is 1. The number of methoxy groups -OCH3 is 1. The minimum absolute atomic E-state index is 0. The Hall–Kier alpha value is -0.880. The molecule has 0 radical (unpaired) electrons. The van der Waals surface area contributed by atoms with Crippen molar-refractivity contribution in [2.75, 3.05) is 25.1 Å². The number of carbonyl (C=O) groups excluding carboxylic acids is 1. The summed E-state index contributed by atoms with van der Waals surface area (Å²) in [6, 6.07) is 5.23. The third-order valence-electron chi connectivity index (χ3n) is 4.08. The van der Waals surface area contributed by atoms with E-state index >= 15 is 0 Å². The van der Waals surface area contributed by atoms with E-state index in [4.69, 9.17) is 22.1 Å². The van der Waals surface area contributed by atoms with Gasteiger partial charge in [0.05, 0.1) is 18.8 Å². The van der Waals surface area contributed by atoms with Gasteiger partial charge in [0, 0.05) is 24.2 Å². The maximum absolute atomic E-state index is 12.2. The average molecular weight is 413 g/mol. The molecule has 1 heterocycles. The molecule has 1 saturated heterocycles. The Morgan fingerprint density at radius 2 is 2.12 bits per heavy atom. The summed E-state index contributed by atoms with van der Waals surface area (Å²) in [5.41, 5.74) is 6.91. The summed E-state index contributed by atoms with van der Waals surface area (Å²) < 4.78 is 5.40. The zero-order chi connectivity index (χ0) is 17.0. The number of rotatable bonds is 6. The van der Waals surface area contributed by atoms with Crippen LogP contribution in [0.3, 0.4) is 0 Å². The molecule has 8 heteroatoms. The highest BCUT2D eigenvalue weighted by Crippen LogP contribution is 2.33. The fraction of sp³-hybridized carbons (Fsp3) is 0.588. The highest BCUT2D eigenvalue weighted by atomic mass is 35.5. The van der Waals surface area contributed by atoms with Gasteiger partial charge in [0.1, 0.15) is 5.75 Å². The number of nitrogens with two attached hydrogens (primary N) is 1. The van der Waals surface area contributed by atoms with Crippen molar-refractivity contribution in [1.29, 1.82) is 0 Å². The maximum Gasteiger partial charge on any atom is 0.237 e.